The van der Waals surface area contributed by atoms with Gasteiger partial charge in [-0.1, -0.05) is 43.0 Å². The summed E-state index contributed by atoms with van der Waals surface area (Å²) < 4.78 is 7.59. The van der Waals surface area contributed by atoms with E-state index in [9.17, 15) is 0 Å². The molecule has 1 aromatic carbocycles. The molecule has 0 bridgehead atoms. The van der Waals surface area contributed by atoms with Crippen LogP contribution in [0.5, 0.6) is 0 Å². The highest BCUT2D eigenvalue weighted by Gasteiger charge is 1.97. The summed E-state index contributed by atoms with van der Waals surface area (Å²) in [6, 6.07) is 10.9. The summed E-state index contributed by atoms with van der Waals surface area (Å²) in [5.41, 5.74) is 1.22. The average molecular weight is 202 g/mol. The van der Waals surface area contributed by atoms with Gasteiger partial charge in [0, 0.05) is 19.3 Å². The lowest BCUT2D eigenvalue weighted by atomic mass is 10.2. The minimum Gasteiger partial charge on any atom is -0.375 e. The monoisotopic (exact) mass is 202 g/mol. The Bertz CT molecular complexity index is 343. The summed E-state index contributed by atoms with van der Waals surface area (Å²) in [6.07, 6.45) is 5.23. The van der Waals surface area contributed by atoms with Gasteiger partial charge in [0.15, 0.2) is 0 Å². The van der Waals surface area contributed by atoms with Gasteiger partial charge in [-0.3, -0.25) is 0 Å². The Kier molecular flexibility index (Phi) is 4.60. The van der Waals surface area contributed by atoms with Crippen molar-refractivity contribution in [1.82, 2.24) is 0 Å². The number of benzene rings is 1. The molecule has 0 aliphatic rings. The van der Waals surface area contributed by atoms with Crippen molar-refractivity contribution >= 4 is 5.69 Å². The van der Waals surface area contributed by atoms with Crippen LogP contribution < -0.4 is 4.90 Å². The predicted octanol–water partition coefficient (Wildman–Crippen LogP) is 3.65. The van der Waals surface area contributed by atoms with Crippen LogP contribution in [-0.2, 0) is 0 Å². The molecule has 0 saturated heterocycles. The first-order valence-corrected chi connectivity index (χ1v) is 5.28. The van der Waals surface area contributed by atoms with Gasteiger partial charge in [-0.05, 0) is 25.0 Å². The highest BCUT2D eigenvalue weighted by molar-refractivity contribution is 5.44. The van der Waals surface area contributed by atoms with Gasteiger partial charge in [-0.25, -0.2) is 0 Å². The van der Waals surface area contributed by atoms with Gasteiger partial charge in [0.05, 0.1) is 1.37 Å². The van der Waals surface area contributed by atoms with Crippen LogP contribution in [0.1, 0.15) is 14.2 Å². The molecule has 0 aromatic heterocycles. The number of hydrogen-bond donors (Lipinski definition) is 0. The van der Waals surface area contributed by atoms with E-state index in [-0.39, 0.29) is 0 Å². The fourth-order valence-electron chi connectivity index (χ4n) is 1.40. The standard InChI is InChI=1S/C14H19N/c1-3-4-5-6-10-13-15(2)14-11-8-7-9-12-14/h3-5,7-9,11-12H,1,6,10,13H2,2H3/b5-4+/i5D. The molecular weight excluding hydrogens is 182 g/mol. The largest absolute Gasteiger partial charge is 0.375 e. The van der Waals surface area contributed by atoms with E-state index in [1.165, 1.54) is 5.69 Å². The SMILES string of the molecule is [2H]/C(=C\C=C)CCCN(C)c1ccccc1. The molecule has 80 valence electrons. The Morgan fingerprint density at radius 3 is 2.80 bits per heavy atom. The molecule has 0 N–H and O–H groups in total. The predicted molar refractivity (Wildman–Crippen MR) is 68.3 cm³/mol. The molecule has 1 nitrogen and oxygen atoms in total. The topological polar surface area (TPSA) is 3.24 Å². The van der Waals surface area contributed by atoms with Crippen LogP contribution in [-0.4, -0.2) is 13.6 Å². The normalized spacial score (nSPS) is 12.1. The Morgan fingerprint density at radius 2 is 2.13 bits per heavy atom. The van der Waals surface area contributed by atoms with Crippen LogP contribution in [0.4, 0.5) is 5.69 Å². The maximum atomic E-state index is 7.59. The molecule has 1 rings (SSSR count). The lowest BCUT2D eigenvalue weighted by molar-refractivity contribution is 0.801. The van der Waals surface area contributed by atoms with Gasteiger partial charge < -0.3 is 4.90 Å². The van der Waals surface area contributed by atoms with Crippen molar-refractivity contribution in [1.29, 1.82) is 0 Å². The molecule has 1 aromatic rings. The molecule has 0 unspecified atom stereocenters. The fraction of sp³-hybridized carbons (Fsp3) is 0.286. The van der Waals surface area contributed by atoms with Crippen LogP contribution in [0.15, 0.2) is 55.1 Å². The first kappa shape index (κ1) is 10.0. The molecule has 0 saturated carbocycles. The molecule has 0 spiro atoms. The van der Waals surface area contributed by atoms with Gasteiger partial charge in [-0.15, -0.1) is 0 Å². The van der Waals surface area contributed by atoms with E-state index in [4.69, 9.17) is 1.37 Å². The van der Waals surface area contributed by atoms with Crippen LogP contribution in [0.3, 0.4) is 0 Å². The second-order valence-corrected chi connectivity index (χ2v) is 3.47. The Balaban J connectivity index is 2.34. The number of para-hydroxylation sites is 1. The minimum absolute atomic E-state index is 0.650. The van der Waals surface area contributed by atoms with Crippen LogP contribution in [0, 0.1) is 0 Å². The first-order valence-electron chi connectivity index (χ1n) is 5.78. The van der Waals surface area contributed by atoms with Gasteiger partial charge >= 0.3 is 0 Å². The third-order valence-corrected chi connectivity index (χ3v) is 2.25. The van der Waals surface area contributed by atoms with Crippen molar-refractivity contribution < 1.29 is 1.37 Å². The van der Waals surface area contributed by atoms with Crippen molar-refractivity contribution in [3.63, 3.8) is 0 Å². The van der Waals surface area contributed by atoms with E-state index in [0.717, 1.165) is 19.4 Å². The van der Waals surface area contributed by atoms with E-state index < -0.39 is 0 Å². The van der Waals surface area contributed by atoms with Crippen molar-refractivity contribution in [3.05, 3.63) is 55.1 Å². The summed E-state index contributed by atoms with van der Waals surface area (Å²) in [5.74, 6) is 0. The minimum atomic E-state index is 0.650. The van der Waals surface area contributed by atoms with E-state index in [2.05, 4.69) is 30.7 Å². The van der Waals surface area contributed by atoms with Crippen molar-refractivity contribution in [2.24, 2.45) is 0 Å². The van der Waals surface area contributed by atoms with Crippen molar-refractivity contribution in [3.8, 4) is 0 Å². The highest BCUT2D eigenvalue weighted by atomic mass is 15.1. The quantitative estimate of drug-likeness (QED) is 0.636. The zero-order chi connectivity index (χ0) is 11.8. The third kappa shape index (κ3) is 4.50. The zero-order valence-corrected chi connectivity index (χ0v) is 9.32. The number of nitrogens with zero attached hydrogens (tertiary/aromatic N) is 1. The summed E-state index contributed by atoms with van der Waals surface area (Å²) in [5, 5.41) is 0. The molecule has 0 aliphatic heterocycles. The Morgan fingerprint density at radius 1 is 1.40 bits per heavy atom. The first-order chi connectivity index (χ1) is 7.74. The molecule has 0 atom stereocenters. The van der Waals surface area contributed by atoms with Gasteiger partial charge in [-0.2, -0.15) is 0 Å². The van der Waals surface area contributed by atoms with E-state index in [1.807, 2.05) is 18.2 Å². The van der Waals surface area contributed by atoms with Gasteiger partial charge in [0.25, 0.3) is 0 Å². The van der Waals surface area contributed by atoms with Crippen LogP contribution in [0.25, 0.3) is 0 Å². The second-order valence-electron chi connectivity index (χ2n) is 3.47. The number of rotatable bonds is 6. The molecule has 0 amide bonds. The number of anilines is 1. The van der Waals surface area contributed by atoms with E-state index in [0.29, 0.717) is 6.05 Å². The summed E-state index contributed by atoms with van der Waals surface area (Å²) in [6.45, 7) is 4.55. The molecule has 15 heavy (non-hydrogen) atoms. The van der Waals surface area contributed by atoms with Crippen LogP contribution >= 0.6 is 0 Å². The third-order valence-electron chi connectivity index (χ3n) is 2.25. The smallest absolute Gasteiger partial charge is 0.0576 e. The lowest BCUT2D eigenvalue weighted by Crippen LogP contribution is -2.17. The van der Waals surface area contributed by atoms with Crippen molar-refractivity contribution in [2.45, 2.75) is 12.8 Å². The maximum absolute atomic E-state index is 7.59. The second kappa shape index (κ2) is 6.88. The molecule has 1 heteroatoms. The Hall–Kier alpha value is -1.50. The maximum Gasteiger partial charge on any atom is 0.0576 e. The molecule has 0 fully saturated rings. The number of hydrogen-bond acceptors (Lipinski definition) is 1. The van der Waals surface area contributed by atoms with Gasteiger partial charge in [0.1, 0.15) is 0 Å². The summed E-state index contributed by atoms with van der Waals surface area (Å²) in [4.78, 5) is 2.21. The summed E-state index contributed by atoms with van der Waals surface area (Å²) in [7, 11) is 2.08. The molecule has 0 aliphatic carbocycles. The highest BCUT2D eigenvalue weighted by Crippen LogP contribution is 2.11. The lowest BCUT2D eigenvalue weighted by Gasteiger charge is -2.18. The van der Waals surface area contributed by atoms with Crippen LogP contribution in [0.2, 0.25) is 0 Å². The van der Waals surface area contributed by atoms with E-state index >= 15 is 0 Å². The average Bonchev–Trinajstić information content (AvgIpc) is 2.30. The van der Waals surface area contributed by atoms with E-state index in [1.54, 1.807) is 12.2 Å². The fourth-order valence-corrected chi connectivity index (χ4v) is 1.40. The number of allylic oxidation sites excluding steroid dienone is 3. The molecule has 0 radical (unpaired) electrons. The van der Waals surface area contributed by atoms with Crippen molar-refractivity contribution in [2.75, 3.05) is 18.5 Å². The zero-order valence-electron chi connectivity index (χ0n) is 10.3. The molecular formula is C14H19N. The molecule has 0 heterocycles. The Labute approximate surface area is 94.1 Å². The summed E-state index contributed by atoms with van der Waals surface area (Å²) >= 11 is 0. The van der Waals surface area contributed by atoms with Gasteiger partial charge in [0.2, 0.25) is 0 Å².